The van der Waals surface area contributed by atoms with Gasteiger partial charge < -0.3 is 5.11 Å². The maximum atomic E-state index is 9.90. The molecule has 0 aliphatic heterocycles. The Hall–Kier alpha value is -0.0400. The minimum atomic E-state index is -0.00879. The summed E-state index contributed by atoms with van der Waals surface area (Å²) in [5, 5.41) is 9.90. The Kier molecular flexibility index (Phi) is 4.94. The van der Waals surface area contributed by atoms with Crippen LogP contribution in [0.5, 0.6) is 0 Å². The van der Waals surface area contributed by atoms with E-state index in [1.165, 1.54) is 32.1 Å². The Labute approximate surface area is 88.9 Å². The Morgan fingerprint density at radius 2 is 2.07 bits per heavy atom. The fraction of sp³-hybridized carbons (Fsp3) is 1.00. The van der Waals surface area contributed by atoms with E-state index in [-0.39, 0.29) is 6.10 Å². The molecule has 0 radical (unpaired) electrons. The first-order valence-electron chi connectivity index (χ1n) is 6.31. The minimum absolute atomic E-state index is 0.00879. The summed E-state index contributed by atoms with van der Waals surface area (Å²) in [5.41, 5.74) is 0. The zero-order chi connectivity index (χ0) is 10.6. The van der Waals surface area contributed by atoms with Gasteiger partial charge in [-0.15, -0.1) is 0 Å². The second-order valence-corrected chi connectivity index (χ2v) is 5.38. The van der Waals surface area contributed by atoms with Crippen molar-refractivity contribution in [3.8, 4) is 0 Å². The molecule has 1 aliphatic carbocycles. The van der Waals surface area contributed by atoms with Crippen molar-refractivity contribution in [1.82, 2.24) is 0 Å². The highest BCUT2D eigenvalue weighted by atomic mass is 16.3. The van der Waals surface area contributed by atoms with Crippen molar-refractivity contribution in [1.29, 1.82) is 0 Å². The largest absolute Gasteiger partial charge is 0.393 e. The lowest BCUT2D eigenvalue weighted by atomic mass is 9.76. The van der Waals surface area contributed by atoms with E-state index < -0.39 is 0 Å². The molecule has 1 aliphatic rings. The lowest BCUT2D eigenvalue weighted by Gasteiger charge is -2.33. The third-order valence-electron chi connectivity index (χ3n) is 3.69. The van der Waals surface area contributed by atoms with Crippen molar-refractivity contribution in [2.45, 2.75) is 65.4 Å². The highest BCUT2D eigenvalue weighted by molar-refractivity contribution is 4.79. The highest BCUT2D eigenvalue weighted by Gasteiger charge is 2.27. The average molecular weight is 198 g/mol. The van der Waals surface area contributed by atoms with Crippen LogP contribution in [0.2, 0.25) is 0 Å². The van der Waals surface area contributed by atoms with Crippen molar-refractivity contribution in [2.24, 2.45) is 17.8 Å². The smallest absolute Gasteiger partial charge is 0.0568 e. The first-order valence-corrected chi connectivity index (χ1v) is 6.31. The molecule has 1 heteroatoms. The van der Waals surface area contributed by atoms with Gasteiger partial charge in [-0.25, -0.2) is 0 Å². The van der Waals surface area contributed by atoms with Gasteiger partial charge >= 0.3 is 0 Å². The molecule has 1 fully saturated rings. The van der Waals surface area contributed by atoms with Crippen molar-refractivity contribution in [2.75, 3.05) is 0 Å². The zero-order valence-electron chi connectivity index (χ0n) is 10.00. The monoisotopic (exact) mass is 198 g/mol. The van der Waals surface area contributed by atoms with Crippen molar-refractivity contribution < 1.29 is 5.11 Å². The number of aliphatic hydroxyl groups is 1. The van der Waals surface area contributed by atoms with E-state index in [9.17, 15) is 5.11 Å². The maximum Gasteiger partial charge on any atom is 0.0568 e. The van der Waals surface area contributed by atoms with Crippen LogP contribution in [-0.2, 0) is 0 Å². The molecule has 0 saturated heterocycles. The molecule has 1 rings (SSSR count). The molecule has 0 bridgehead atoms. The third kappa shape index (κ3) is 3.61. The first kappa shape index (κ1) is 12.0. The van der Waals surface area contributed by atoms with Gasteiger partial charge in [-0.2, -0.15) is 0 Å². The summed E-state index contributed by atoms with van der Waals surface area (Å²) in [7, 11) is 0. The van der Waals surface area contributed by atoms with Crippen LogP contribution in [-0.4, -0.2) is 11.2 Å². The summed E-state index contributed by atoms with van der Waals surface area (Å²) in [6.07, 6.45) is 7.32. The number of aliphatic hydroxyl groups excluding tert-OH is 1. The van der Waals surface area contributed by atoms with Gasteiger partial charge in [0.05, 0.1) is 6.10 Å². The van der Waals surface area contributed by atoms with Crippen molar-refractivity contribution in [3.63, 3.8) is 0 Å². The number of hydrogen-bond acceptors (Lipinski definition) is 1. The van der Waals surface area contributed by atoms with E-state index in [1.807, 2.05) is 0 Å². The topological polar surface area (TPSA) is 20.2 Å². The first-order chi connectivity index (χ1) is 6.63. The Balaban J connectivity index is 2.33. The summed E-state index contributed by atoms with van der Waals surface area (Å²) in [4.78, 5) is 0. The molecule has 0 aromatic rings. The zero-order valence-corrected chi connectivity index (χ0v) is 10.00. The lowest BCUT2D eigenvalue weighted by Crippen LogP contribution is -2.29. The summed E-state index contributed by atoms with van der Waals surface area (Å²) in [5.74, 6) is 2.21. The number of hydrogen-bond donors (Lipinski definition) is 1. The molecule has 0 spiro atoms. The van der Waals surface area contributed by atoms with Crippen LogP contribution < -0.4 is 0 Å². The van der Waals surface area contributed by atoms with Gasteiger partial charge in [0.2, 0.25) is 0 Å². The SMILES string of the molecule is CCCC(C)CC1CC(C)CCC1O. The molecule has 0 aromatic heterocycles. The normalized spacial score (nSPS) is 35.6. The van der Waals surface area contributed by atoms with Gasteiger partial charge in [-0.05, 0) is 43.4 Å². The van der Waals surface area contributed by atoms with Crippen molar-refractivity contribution in [3.05, 3.63) is 0 Å². The quantitative estimate of drug-likeness (QED) is 0.731. The van der Waals surface area contributed by atoms with E-state index in [0.717, 1.165) is 18.3 Å². The predicted octanol–water partition coefficient (Wildman–Crippen LogP) is 3.61. The lowest BCUT2D eigenvalue weighted by molar-refractivity contribution is 0.0393. The molecule has 4 atom stereocenters. The van der Waals surface area contributed by atoms with Crippen LogP contribution in [0.1, 0.15) is 59.3 Å². The fourth-order valence-corrected chi connectivity index (χ4v) is 2.86. The van der Waals surface area contributed by atoms with E-state index >= 15 is 0 Å². The molecule has 0 aromatic carbocycles. The molecule has 1 N–H and O–H groups in total. The van der Waals surface area contributed by atoms with Crippen LogP contribution in [0.15, 0.2) is 0 Å². The fourth-order valence-electron chi connectivity index (χ4n) is 2.86. The minimum Gasteiger partial charge on any atom is -0.393 e. The van der Waals surface area contributed by atoms with E-state index in [0.29, 0.717) is 5.92 Å². The van der Waals surface area contributed by atoms with E-state index in [2.05, 4.69) is 20.8 Å². The Morgan fingerprint density at radius 1 is 1.36 bits per heavy atom. The van der Waals surface area contributed by atoms with Crippen molar-refractivity contribution >= 4 is 0 Å². The van der Waals surface area contributed by atoms with Gasteiger partial charge in [-0.3, -0.25) is 0 Å². The van der Waals surface area contributed by atoms with E-state index in [1.54, 1.807) is 0 Å². The molecule has 1 nitrogen and oxygen atoms in total. The maximum absolute atomic E-state index is 9.90. The summed E-state index contributed by atoms with van der Waals surface area (Å²) in [6.45, 7) is 6.90. The molecule has 4 unspecified atom stereocenters. The van der Waals surface area contributed by atoms with Gasteiger partial charge in [0, 0.05) is 0 Å². The Morgan fingerprint density at radius 3 is 2.71 bits per heavy atom. The molecule has 1 saturated carbocycles. The predicted molar refractivity (Wildman–Crippen MR) is 61.2 cm³/mol. The van der Waals surface area contributed by atoms with Crippen LogP contribution in [0.25, 0.3) is 0 Å². The van der Waals surface area contributed by atoms with Gasteiger partial charge in [0.25, 0.3) is 0 Å². The molecule has 0 heterocycles. The van der Waals surface area contributed by atoms with Gasteiger partial charge in [0.15, 0.2) is 0 Å². The second kappa shape index (κ2) is 5.75. The van der Waals surface area contributed by atoms with Crippen LogP contribution in [0.4, 0.5) is 0 Å². The average Bonchev–Trinajstić information content (AvgIpc) is 2.12. The molecule has 84 valence electrons. The standard InChI is InChI=1S/C13H26O/c1-4-5-10(2)8-12-9-11(3)6-7-13(12)14/h10-14H,4-9H2,1-3H3. The molecular formula is C13H26O. The second-order valence-electron chi connectivity index (χ2n) is 5.38. The summed E-state index contributed by atoms with van der Waals surface area (Å²) >= 11 is 0. The highest BCUT2D eigenvalue weighted by Crippen LogP contribution is 2.33. The number of rotatable bonds is 4. The summed E-state index contributed by atoms with van der Waals surface area (Å²) < 4.78 is 0. The molecule has 0 amide bonds. The van der Waals surface area contributed by atoms with Crippen LogP contribution in [0.3, 0.4) is 0 Å². The Bertz CT molecular complexity index is 155. The molecular weight excluding hydrogens is 172 g/mol. The van der Waals surface area contributed by atoms with Crippen LogP contribution >= 0.6 is 0 Å². The van der Waals surface area contributed by atoms with Gasteiger partial charge in [0.1, 0.15) is 0 Å². The van der Waals surface area contributed by atoms with Gasteiger partial charge in [-0.1, -0.05) is 33.6 Å². The van der Waals surface area contributed by atoms with E-state index in [4.69, 9.17) is 0 Å². The summed E-state index contributed by atoms with van der Waals surface area (Å²) in [6, 6.07) is 0. The van der Waals surface area contributed by atoms with Crippen LogP contribution in [0, 0.1) is 17.8 Å². The molecule has 14 heavy (non-hydrogen) atoms. The third-order valence-corrected chi connectivity index (χ3v) is 3.69.